The highest BCUT2D eigenvalue weighted by molar-refractivity contribution is 5.70. The Labute approximate surface area is 90.1 Å². The predicted molar refractivity (Wildman–Crippen MR) is 56.6 cm³/mol. The average molecular weight is 217 g/mol. The molecule has 0 bridgehead atoms. The predicted octanol–water partition coefficient (Wildman–Crippen LogP) is 1.97. The van der Waals surface area contributed by atoms with Gasteiger partial charge in [-0.25, -0.2) is 4.39 Å². The Kier molecular flexibility index (Phi) is 4.51. The number of nitrogens with one attached hydrogen (secondary N) is 1. The quantitative estimate of drug-likeness (QED) is 0.692. The van der Waals surface area contributed by atoms with Crippen molar-refractivity contribution in [3.63, 3.8) is 0 Å². The van der Waals surface area contributed by atoms with Crippen molar-refractivity contribution in [2.75, 3.05) is 13.1 Å². The Morgan fingerprint density at radius 3 is 2.60 bits per heavy atom. The first kappa shape index (κ1) is 12.4. The van der Waals surface area contributed by atoms with Crippen molar-refractivity contribution in [2.45, 2.75) is 44.7 Å². The molecule has 1 aliphatic carbocycles. The van der Waals surface area contributed by atoms with Gasteiger partial charge in [0.15, 0.2) is 0 Å². The Morgan fingerprint density at radius 2 is 2.13 bits per heavy atom. The van der Waals surface area contributed by atoms with E-state index in [0.717, 1.165) is 13.0 Å². The van der Waals surface area contributed by atoms with Gasteiger partial charge in [-0.05, 0) is 38.6 Å². The zero-order valence-electron chi connectivity index (χ0n) is 9.26. The van der Waals surface area contributed by atoms with Crippen LogP contribution in [0.15, 0.2) is 0 Å². The highest BCUT2D eigenvalue weighted by Gasteiger charge is 2.37. The van der Waals surface area contributed by atoms with Crippen LogP contribution in [0.3, 0.4) is 0 Å². The maximum absolute atomic E-state index is 14.1. The smallest absolute Gasteiger partial charge is 0.306 e. The Hall–Kier alpha value is -0.640. The molecule has 1 rings (SSSR count). The van der Waals surface area contributed by atoms with E-state index in [4.69, 9.17) is 5.11 Å². The lowest BCUT2D eigenvalue weighted by atomic mass is 9.80. The summed E-state index contributed by atoms with van der Waals surface area (Å²) in [7, 11) is 0. The van der Waals surface area contributed by atoms with Gasteiger partial charge in [-0.15, -0.1) is 0 Å². The van der Waals surface area contributed by atoms with E-state index >= 15 is 0 Å². The van der Waals surface area contributed by atoms with E-state index < -0.39 is 11.6 Å². The SMILES string of the molecule is CCCNCC1(F)CCC(C(=O)O)CC1. The third kappa shape index (κ3) is 3.78. The number of carboxylic acids is 1. The Balaban J connectivity index is 2.30. The van der Waals surface area contributed by atoms with Gasteiger partial charge in [0.05, 0.1) is 5.92 Å². The first-order valence-corrected chi connectivity index (χ1v) is 5.70. The summed E-state index contributed by atoms with van der Waals surface area (Å²) in [6.07, 6.45) is 2.69. The molecule has 0 spiro atoms. The summed E-state index contributed by atoms with van der Waals surface area (Å²) < 4.78 is 14.1. The van der Waals surface area contributed by atoms with Gasteiger partial charge in [-0.1, -0.05) is 6.92 Å². The first-order valence-electron chi connectivity index (χ1n) is 5.70. The summed E-state index contributed by atoms with van der Waals surface area (Å²) >= 11 is 0. The number of hydrogen-bond acceptors (Lipinski definition) is 2. The molecule has 4 heteroatoms. The fourth-order valence-electron chi connectivity index (χ4n) is 2.05. The number of rotatable bonds is 5. The number of aliphatic carboxylic acids is 1. The van der Waals surface area contributed by atoms with Gasteiger partial charge < -0.3 is 10.4 Å². The molecule has 1 fully saturated rings. The number of hydrogen-bond donors (Lipinski definition) is 2. The van der Waals surface area contributed by atoms with Crippen LogP contribution in [0.1, 0.15) is 39.0 Å². The fourth-order valence-corrected chi connectivity index (χ4v) is 2.05. The summed E-state index contributed by atoms with van der Waals surface area (Å²) in [6, 6.07) is 0. The maximum Gasteiger partial charge on any atom is 0.306 e. The minimum Gasteiger partial charge on any atom is -0.481 e. The van der Waals surface area contributed by atoms with Crippen LogP contribution in [0.5, 0.6) is 0 Å². The number of carbonyl (C=O) groups is 1. The molecule has 0 aromatic heterocycles. The molecule has 0 saturated heterocycles. The summed E-state index contributed by atoms with van der Waals surface area (Å²) in [5, 5.41) is 11.9. The normalized spacial score (nSPS) is 31.5. The second-order valence-electron chi connectivity index (χ2n) is 4.44. The van der Waals surface area contributed by atoms with E-state index in [-0.39, 0.29) is 5.92 Å². The molecule has 0 heterocycles. The van der Waals surface area contributed by atoms with Gasteiger partial charge in [0.25, 0.3) is 0 Å². The number of alkyl halides is 1. The zero-order chi connectivity index (χ0) is 11.3. The summed E-state index contributed by atoms with van der Waals surface area (Å²) in [6.45, 7) is 3.24. The van der Waals surface area contributed by atoms with Crippen LogP contribution in [-0.4, -0.2) is 29.8 Å². The van der Waals surface area contributed by atoms with E-state index in [2.05, 4.69) is 5.32 Å². The number of halogens is 1. The van der Waals surface area contributed by atoms with Crippen molar-refractivity contribution < 1.29 is 14.3 Å². The highest BCUT2D eigenvalue weighted by atomic mass is 19.1. The van der Waals surface area contributed by atoms with E-state index in [9.17, 15) is 9.18 Å². The van der Waals surface area contributed by atoms with Gasteiger partial charge in [-0.2, -0.15) is 0 Å². The molecule has 0 amide bonds. The summed E-state index contributed by atoms with van der Waals surface area (Å²) in [5.41, 5.74) is -1.18. The lowest BCUT2D eigenvalue weighted by Crippen LogP contribution is -2.41. The van der Waals surface area contributed by atoms with Crippen LogP contribution in [-0.2, 0) is 4.79 Å². The van der Waals surface area contributed by atoms with Crippen molar-refractivity contribution >= 4 is 5.97 Å². The second kappa shape index (κ2) is 5.45. The maximum atomic E-state index is 14.1. The topological polar surface area (TPSA) is 49.3 Å². The fraction of sp³-hybridized carbons (Fsp3) is 0.909. The molecule has 0 aromatic carbocycles. The highest BCUT2D eigenvalue weighted by Crippen LogP contribution is 2.34. The molecular formula is C11H20FNO2. The molecule has 88 valence electrons. The molecule has 3 nitrogen and oxygen atoms in total. The minimum atomic E-state index is -1.18. The van der Waals surface area contributed by atoms with Crippen molar-refractivity contribution in [1.82, 2.24) is 5.32 Å². The Bertz CT molecular complexity index is 213. The van der Waals surface area contributed by atoms with Gasteiger partial charge in [0, 0.05) is 6.54 Å². The van der Waals surface area contributed by atoms with Crippen LogP contribution in [0.25, 0.3) is 0 Å². The second-order valence-corrected chi connectivity index (χ2v) is 4.44. The molecule has 0 atom stereocenters. The van der Waals surface area contributed by atoms with Crippen LogP contribution in [0, 0.1) is 5.92 Å². The van der Waals surface area contributed by atoms with E-state index in [1.807, 2.05) is 6.92 Å². The number of carboxylic acid groups (broad SMARTS) is 1. The standard InChI is InChI=1S/C11H20FNO2/c1-2-7-13-8-11(12)5-3-9(4-6-11)10(14)15/h9,13H,2-8H2,1H3,(H,14,15). The van der Waals surface area contributed by atoms with Crippen molar-refractivity contribution in [2.24, 2.45) is 5.92 Å². The van der Waals surface area contributed by atoms with Crippen LogP contribution >= 0.6 is 0 Å². The van der Waals surface area contributed by atoms with Gasteiger partial charge >= 0.3 is 5.97 Å². The van der Waals surface area contributed by atoms with Crippen LogP contribution in [0.2, 0.25) is 0 Å². The molecule has 1 saturated carbocycles. The monoisotopic (exact) mass is 217 g/mol. The van der Waals surface area contributed by atoms with Crippen molar-refractivity contribution in [3.05, 3.63) is 0 Å². The molecule has 0 aliphatic heterocycles. The zero-order valence-corrected chi connectivity index (χ0v) is 9.26. The van der Waals surface area contributed by atoms with E-state index in [1.165, 1.54) is 0 Å². The summed E-state index contributed by atoms with van der Waals surface area (Å²) in [5.74, 6) is -1.11. The van der Waals surface area contributed by atoms with E-state index in [0.29, 0.717) is 32.2 Å². The molecule has 0 aromatic rings. The molecule has 0 radical (unpaired) electrons. The third-order valence-corrected chi connectivity index (χ3v) is 3.10. The van der Waals surface area contributed by atoms with Crippen molar-refractivity contribution in [3.8, 4) is 0 Å². The lowest BCUT2D eigenvalue weighted by molar-refractivity contribution is -0.143. The van der Waals surface area contributed by atoms with Gasteiger partial charge in [0.1, 0.15) is 5.67 Å². The van der Waals surface area contributed by atoms with Gasteiger partial charge in [-0.3, -0.25) is 4.79 Å². The molecule has 15 heavy (non-hydrogen) atoms. The Morgan fingerprint density at radius 1 is 1.53 bits per heavy atom. The van der Waals surface area contributed by atoms with Gasteiger partial charge in [0.2, 0.25) is 0 Å². The van der Waals surface area contributed by atoms with Crippen LogP contribution < -0.4 is 5.32 Å². The molecule has 0 unspecified atom stereocenters. The third-order valence-electron chi connectivity index (χ3n) is 3.10. The largest absolute Gasteiger partial charge is 0.481 e. The first-order chi connectivity index (χ1) is 7.07. The van der Waals surface area contributed by atoms with Crippen molar-refractivity contribution in [1.29, 1.82) is 0 Å². The summed E-state index contributed by atoms with van der Waals surface area (Å²) in [4.78, 5) is 10.7. The minimum absolute atomic E-state index is 0.333. The molecule has 1 aliphatic rings. The van der Waals surface area contributed by atoms with Crippen LogP contribution in [0.4, 0.5) is 4.39 Å². The molecular weight excluding hydrogens is 197 g/mol. The lowest BCUT2D eigenvalue weighted by Gasteiger charge is -2.32. The average Bonchev–Trinajstić information content (AvgIpc) is 2.18. The van der Waals surface area contributed by atoms with E-state index in [1.54, 1.807) is 0 Å². The molecule has 2 N–H and O–H groups in total.